The maximum Gasteiger partial charge on any atom is 0.0908 e. The summed E-state index contributed by atoms with van der Waals surface area (Å²) < 4.78 is 2.65. The van der Waals surface area contributed by atoms with Crippen molar-refractivity contribution in [3.8, 4) is 5.69 Å². The number of rotatable bonds is 3. The van der Waals surface area contributed by atoms with Gasteiger partial charge >= 0.3 is 0 Å². The molecule has 1 N–H and O–H groups in total. The highest BCUT2D eigenvalue weighted by molar-refractivity contribution is 9.10. The molecular formula is C11H10BrCl2N3. The third-order valence-electron chi connectivity index (χ3n) is 2.26. The smallest absolute Gasteiger partial charge is 0.0908 e. The van der Waals surface area contributed by atoms with Crippen LogP contribution in [0.1, 0.15) is 5.69 Å². The molecule has 6 heteroatoms. The fraction of sp³-hybridized carbons (Fsp3) is 0.182. The van der Waals surface area contributed by atoms with Crippen LogP contribution >= 0.6 is 39.1 Å². The van der Waals surface area contributed by atoms with Crippen molar-refractivity contribution >= 4 is 39.1 Å². The molecule has 1 aromatic heterocycles. The molecule has 0 aliphatic heterocycles. The predicted molar refractivity (Wildman–Crippen MR) is 74.0 cm³/mol. The second-order valence-electron chi connectivity index (χ2n) is 3.47. The van der Waals surface area contributed by atoms with Crippen molar-refractivity contribution in [3.05, 3.63) is 44.6 Å². The molecule has 1 aromatic carbocycles. The first kappa shape index (κ1) is 12.9. The van der Waals surface area contributed by atoms with Gasteiger partial charge in [-0.05, 0) is 35.1 Å². The molecule has 2 rings (SSSR count). The number of hydrogen-bond donors (Lipinski definition) is 1. The van der Waals surface area contributed by atoms with Crippen LogP contribution in [0.2, 0.25) is 10.0 Å². The molecule has 17 heavy (non-hydrogen) atoms. The van der Waals surface area contributed by atoms with Gasteiger partial charge in [-0.15, -0.1) is 0 Å². The molecule has 0 bridgehead atoms. The summed E-state index contributed by atoms with van der Waals surface area (Å²) in [5.74, 6) is 0. The van der Waals surface area contributed by atoms with Crippen LogP contribution in [0, 0.1) is 0 Å². The molecule has 0 unspecified atom stereocenters. The van der Waals surface area contributed by atoms with Gasteiger partial charge in [0.1, 0.15) is 0 Å². The lowest BCUT2D eigenvalue weighted by Crippen LogP contribution is -2.07. The Morgan fingerprint density at radius 3 is 2.88 bits per heavy atom. The van der Waals surface area contributed by atoms with E-state index in [1.54, 1.807) is 10.7 Å². The molecule has 0 spiro atoms. The second-order valence-corrected chi connectivity index (χ2v) is 5.11. The Morgan fingerprint density at radius 1 is 1.41 bits per heavy atom. The zero-order valence-electron chi connectivity index (χ0n) is 9.04. The van der Waals surface area contributed by atoms with Crippen LogP contribution < -0.4 is 5.32 Å². The molecule has 0 radical (unpaired) electrons. The third kappa shape index (κ3) is 2.65. The summed E-state index contributed by atoms with van der Waals surface area (Å²) >= 11 is 15.6. The fourth-order valence-electron chi connectivity index (χ4n) is 1.47. The minimum atomic E-state index is 0.500. The largest absolute Gasteiger partial charge is 0.314 e. The molecule has 0 atom stereocenters. The normalized spacial score (nSPS) is 10.8. The van der Waals surface area contributed by atoms with Crippen LogP contribution in [0.25, 0.3) is 5.69 Å². The van der Waals surface area contributed by atoms with Gasteiger partial charge < -0.3 is 5.32 Å². The summed E-state index contributed by atoms with van der Waals surface area (Å²) in [7, 11) is 1.87. The summed E-state index contributed by atoms with van der Waals surface area (Å²) in [6.45, 7) is 0.686. The average molecular weight is 335 g/mol. The van der Waals surface area contributed by atoms with Gasteiger partial charge in [0.15, 0.2) is 0 Å². The minimum absolute atomic E-state index is 0.500. The van der Waals surface area contributed by atoms with Crippen molar-refractivity contribution in [2.45, 2.75) is 6.54 Å². The highest BCUT2D eigenvalue weighted by Gasteiger charge is 2.11. The van der Waals surface area contributed by atoms with E-state index in [0.29, 0.717) is 16.6 Å². The van der Waals surface area contributed by atoms with E-state index < -0.39 is 0 Å². The number of halogens is 3. The van der Waals surface area contributed by atoms with Crippen molar-refractivity contribution in [1.82, 2.24) is 15.1 Å². The van der Waals surface area contributed by atoms with Gasteiger partial charge in [0.05, 0.1) is 25.9 Å². The summed E-state index contributed by atoms with van der Waals surface area (Å²) in [4.78, 5) is 0. The zero-order chi connectivity index (χ0) is 12.4. The van der Waals surface area contributed by atoms with Crippen LogP contribution in [0.5, 0.6) is 0 Å². The first-order chi connectivity index (χ1) is 8.13. The maximum absolute atomic E-state index is 6.14. The van der Waals surface area contributed by atoms with Gasteiger partial charge in [-0.25, -0.2) is 4.68 Å². The first-order valence-corrected chi connectivity index (χ1v) is 6.51. The Hall–Kier alpha value is -0.550. The SMILES string of the molecule is CNCc1nn(-c2cccc(Cl)c2Cl)cc1Br. The standard InChI is InChI=1S/C11H10BrCl2N3/c1-15-5-9-7(12)6-17(16-9)10-4-2-3-8(13)11(10)14/h2-4,6,15H,5H2,1H3. The fourth-order valence-corrected chi connectivity index (χ4v) is 2.26. The number of aromatic nitrogens is 2. The Kier molecular flexibility index (Phi) is 4.09. The van der Waals surface area contributed by atoms with Gasteiger partial charge in [-0.1, -0.05) is 29.3 Å². The lowest BCUT2D eigenvalue weighted by atomic mass is 10.3. The van der Waals surface area contributed by atoms with Crippen LogP contribution in [-0.2, 0) is 6.54 Å². The van der Waals surface area contributed by atoms with E-state index in [0.717, 1.165) is 15.9 Å². The monoisotopic (exact) mass is 333 g/mol. The van der Waals surface area contributed by atoms with Crippen molar-refractivity contribution in [2.24, 2.45) is 0 Å². The van der Waals surface area contributed by atoms with Crippen molar-refractivity contribution in [2.75, 3.05) is 7.05 Å². The molecule has 0 aliphatic carbocycles. The first-order valence-electron chi connectivity index (χ1n) is 4.96. The molecule has 0 aliphatic rings. The number of benzene rings is 1. The predicted octanol–water partition coefficient (Wildman–Crippen LogP) is 3.66. The molecule has 0 saturated heterocycles. The molecule has 1 heterocycles. The second kappa shape index (κ2) is 5.40. The van der Waals surface area contributed by atoms with E-state index in [4.69, 9.17) is 23.2 Å². The van der Waals surface area contributed by atoms with Crippen molar-refractivity contribution < 1.29 is 0 Å². The molecular weight excluding hydrogens is 325 g/mol. The van der Waals surface area contributed by atoms with E-state index in [9.17, 15) is 0 Å². The van der Waals surface area contributed by atoms with Gasteiger partial charge in [0.25, 0.3) is 0 Å². The average Bonchev–Trinajstić information content (AvgIpc) is 2.65. The van der Waals surface area contributed by atoms with Gasteiger partial charge in [-0.3, -0.25) is 0 Å². The summed E-state index contributed by atoms with van der Waals surface area (Å²) in [6, 6.07) is 5.47. The third-order valence-corrected chi connectivity index (χ3v) is 3.73. The lowest BCUT2D eigenvalue weighted by molar-refractivity contribution is 0.755. The number of hydrogen-bond acceptors (Lipinski definition) is 2. The van der Waals surface area contributed by atoms with Crippen molar-refractivity contribution in [3.63, 3.8) is 0 Å². The highest BCUT2D eigenvalue weighted by atomic mass is 79.9. The molecule has 2 aromatic rings. The Bertz CT molecular complexity index is 540. The van der Waals surface area contributed by atoms with E-state index in [1.807, 2.05) is 25.4 Å². The Labute approximate surface area is 118 Å². The quantitative estimate of drug-likeness (QED) is 0.928. The minimum Gasteiger partial charge on any atom is -0.314 e. The zero-order valence-corrected chi connectivity index (χ0v) is 12.1. The van der Waals surface area contributed by atoms with Gasteiger partial charge in [0.2, 0.25) is 0 Å². The summed E-state index contributed by atoms with van der Waals surface area (Å²) in [5, 5.41) is 8.51. The van der Waals surface area contributed by atoms with E-state index in [1.165, 1.54) is 0 Å². The van der Waals surface area contributed by atoms with E-state index in [-0.39, 0.29) is 0 Å². The topological polar surface area (TPSA) is 29.9 Å². The van der Waals surface area contributed by atoms with Gasteiger partial charge in [0, 0.05) is 12.7 Å². The van der Waals surface area contributed by atoms with Crippen LogP contribution in [0.3, 0.4) is 0 Å². The number of nitrogens with zero attached hydrogens (tertiary/aromatic N) is 2. The highest BCUT2D eigenvalue weighted by Crippen LogP contribution is 2.29. The molecule has 0 fully saturated rings. The summed E-state index contributed by atoms with van der Waals surface area (Å²) in [5.41, 5.74) is 1.69. The molecule has 3 nitrogen and oxygen atoms in total. The molecule has 0 amide bonds. The van der Waals surface area contributed by atoms with Crippen LogP contribution in [-0.4, -0.2) is 16.8 Å². The molecule has 90 valence electrons. The Balaban J connectivity index is 2.46. The van der Waals surface area contributed by atoms with E-state index in [2.05, 4.69) is 26.3 Å². The maximum atomic E-state index is 6.14. The summed E-state index contributed by atoms with van der Waals surface area (Å²) in [6.07, 6.45) is 1.87. The lowest BCUT2D eigenvalue weighted by Gasteiger charge is -2.05. The van der Waals surface area contributed by atoms with Crippen molar-refractivity contribution in [1.29, 1.82) is 0 Å². The Morgan fingerprint density at radius 2 is 2.18 bits per heavy atom. The van der Waals surface area contributed by atoms with Crippen LogP contribution in [0.15, 0.2) is 28.9 Å². The molecule has 0 saturated carbocycles. The van der Waals surface area contributed by atoms with Gasteiger partial charge in [-0.2, -0.15) is 5.10 Å². The number of nitrogens with one attached hydrogen (secondary N) is 1. The van der Waals surface area contributed by atoms with Crippen LogP contribution in [0.4, 0.5) is 0 Å². The van der Waals surface area contributed by atoms with E-state index >= 15 is 0 Å².